The van der Waals surface area contributed by atoms with E-state index in [-0.39, 0.29) is 11.3 Å². The van der Waals surface area contributed by atoms with E-state index in [2.05, 4.69) is 10.2 Å². The molecule has 7 nitrogen and oxygen atoms in total. The van der Waals surface area contributed by atoms with Crippen LogP contribution in [0.3, 0.4) is 0 Å². The van der Waals surface area contributed by atoms with Gasteiger partial charge in [0.25, 0.3) is 0 Å². The van der Waals surface area contributed by atoms with Gasteiger partial charge in [0, 0.05) is 6.54 Å². The molecule has 0 fully saturated rings. The smallest absolute Gasteiger partial charge is 0.343 e. The first-order valence-corrected chi connectivity index (χ1v) is 6.69. The standard InChI is InChI=1S/C11H13N3O4S/c1-2-3-14-10(17)12-13-11(14)19-6-8-4-7(5-18-8)9(15)16/h4-5H,2-3,6H2,1H3,(H,12,17)(H,15,16). The first kappa shape index (κ1) is 13.5. The van der Waals surface area contributed by atoms with Gasteiger partial charge in [-0.05, 0) is 12.5 Å². The number of carboxylic acids is 1. The van der Waals surface area contributed by atoms with Crippen LogP contribution in [0, 0.1) is 0 Å². The molecule has 0 aliphatic rings. The fraction of sp³-hybridized carbons (Fsp3) is 0.364. The van der Waals surface area contributed by atoms with Crippen molar-refractivity contribution >= 4 is 17.7 Å². The van der Waals surface area contributed by atoms with Crippen molar-refractivity contribution in [3.05, 3.63) is 34.1 Å². The first-order valence-electron chi connectivity index (χ1n) is 5.70. The highest BCUT2D eigenvalue weighted by Gasteiger charge is 2.12. The Morgan fingerprint density at radius 2 is 2.42 bits per heavy atom. The Morgan fingerprint density at radius 1 is 1.63 bits per heavy atom. The number of nitrogens with zero attached hydrogens (tertiary/aromatic N) is 2. The molecule has 2 N–H and O–H groups in total. The molecule has 19 heavy (non-hydrogen) atoms. The van der Waals surface area contributed by atoms with Gasteiger partial charge < -0.3 is 9.52 Å². The summed E-state index contributed by atoms with van der Waals surface area (Å²) in [5.41, 5.74) is -0.126. The minimum absolute atomic E-state index is 0.114. The first-order chi connectivity index (χ1) is 9.11. The van der Waals surface area contributed by atoms with E-state index in [1.807, 2.05) is 6.92 Å². The van der Waals surface area contributed by atoms with Gasteiger partial charge in [-0.15, -0.1) is 5.10 Å². The molecule has 0 saturated carbocycles. The topological polar surface area (TPSA) is 101 Å². The van der Waals surface area contributed by atoms with Crippen LogP contribution in [0.5, 0.6) is 0 Å². The van der Waals surface area contributed by atoms with Crippen LogP contribution < -0.4 is 5.69 Å². The van der Waals surface area contributed by atoms with Gasteiger partial charge in [0.2, 0.25) is 0 Å². The van der Waals surface area contributed by atoms with Crippen LogP contribution in [-0.2, 0) is 12.3 Å². The molecule has 2 aromatic rings. The summed E-state index contributed by atoms with van der Waals surface area (Å²) in [6.45, 7) is 2.57. The summed E-state index contributed by atoms with van der Waals surface area (Å²) < 4.78 is 6.67. The Hall–Kier alpha value is -1.96. The number of furan rings is 1. The quantitative estimate of drug-likeness (QED) is 0.780. The van der Waals surface area contributed by atoms with Gasteiger partial charge in [-0.3, -0.25) is 4.57 Å². The zero-order chi connectivity index (χ0) is 13.8. The van der Waals surface area contributed by atoms with Gasteiger partial charge in [0.05, 0.1) is 11.3 Å². The molecule has 0 aliphatic carbocycles. The van der Waals surface area contributed by atoms with Crippen LogP contribution in [0.4, 0.5) is 0 Å². The maximum atomic E-state index is 11.5. The lowest BCUT2D eigenvalue weighted by atomic mass is 10.3. The van der Waals surface area contributed by atoms with Crippen molar-refractivity contribution in [3.63, 3.8) is 0 Å². The maximum absolute atomic E-state index is 11.5. The molecular weight excluding hydrogens is 270 g/mol. The summed E-state index contributed by atoms with van der Waals surface area (Å²) in [5, 5.41) is 15.7. The Kier molecular flexibility index (Phi) is 4.10. The van der Waals surface area contributed by atoms with Gasteiger partial charge in [0.15, 0.2) is 5.16 Å². The second-order valence-corrected chi connectivity index (χ2v) is 4.80. The maximum Gasteiger partial charge on any atom is 0.343 e. The van der Waals surface area contributed by atoms with Gasteiger partial charge in [0.1, 0.15) is 12.0 Å². The van der Waals surface area contributed by atoms with Crippen molar-refractivity contribution in [2.45, 2.75) is 30.8 Å². The number of H-pyrrole nitrogens is 1. The van der Waals surface area contributed by atoms with E-state index in [1.165, 1.54) is 24.1 Å². The van der Waals surface area contributed by atoms with E-state index < -0.39 is 5.97 Å². The molecule has 2 rings (SSSR count). The average Bonchev–Trinajstić information content (AvgIpc) is 2.96. The van der Waals surface area contributed by atoms with Crippen molar-refractivity contribution in [2.24, 2.45) is 0 Å². The van der Waals surface area contributed by atoms with Crippen LogP contribution in [-0.4, -0.2) is 25.8 Å². The Labute approximate surface area is 112 Å². The van der Waals surface area contributed by atoms with E-state index in [0.29, 0.717) is 23.2 Å². The number of aromatic nitrogens is 3. The third-order valence-corrected chi connectivity index (χ3v) is 3.41. The second kappa shape index (κ2) is 5.79. The minimum atomic E-state index is -1.03. The zero-order valence-corrected chi connectivity index (χ0v) is 11.1. The summed E-state index contributed by atoms with van der Waals surface area (Å²) in [7, 11) is 0. The van der Waals surface area contributed by atoms with E-state index in [1.54, 1.807) is 4.57 Å². The minimum Gasteiger partial charge on any atom is -0.478 e. The second-order valence-electron chi connectivity index (χ2n) is 3.86. The number of aromatic amines is 1. The molecule has 0 bridgehead atoms. The summed E-state index contributed by atoms with van der Waals surface area (Å²) in [5.74, 6) is -0.0788. The highest BCUT2D eigenvalue weighted by atomic mass is 32.2. The lowest BCUT2D eigenvalue weighted by Crippen LogP contribution is -2.17. The number of nitrogens with one attached hydrogen (secondary N) is 1. The molecule has 0 amide bonds. The monoisotopic (exact) mass is 283 g/mol. The van der Waals surface area contributed by atoms with E-state index in [4.69, 9.17) is 9.52 Å². The molecule has 102 valence electrons. The predicted octanol–water partition coefficient (Wildman–Crippen LogP) is 1.56. The van der Waals surface area contributed by atoms with Crippen LogP contribution in [0.1, 0.15) is 29.5 Å². The molecule has 0 saturated heterocycles. The third kappa shape index (κ3) is 3.08. The Morgan fingerprint density at radius 3 is 3.05 bits per heavy atom. The summed E-state index contributed by atoms with van der Waals surface area (Å²) in [6, 6.07) is 1.46. The largest absolute Gasteiger partial charge is 0.478 e. The van der Waals surface area contributed by atoms with E-state index in [9.17, 15) is 9.59 Å². The zero-order valence-electron chi connectivity index (χ0n) is 10.3. The number of aromatic carboxylic acids is 1. The van der Waals surface area contributed by atoms with E-state index >= 15 is 0 Å². The predicted molar refractivity (Wildman–Crippen MR) is 68.4 cm³/mol. The Bertz CT molecular complexity index is 628. The molecule has 0 atom stereocenters. The molecule has 2 aromatic heterocycles. The molecule has 0 spiro atoms. The van der Waals surface area contributed by atoms with Gasteiger partial charge in [-0.2, -0.15) is 0 Å². The number of hydrogen-bond donors (Lipinski definition) is 2. The normalized spacial score (nSPS) is 10.8. The van der Waals surface area contributed by atoms with Crippen molar-refractivity contribution in [3.8, 4) is 0 Å². The highest BCUT2D eigenvalue weighted by molar-refractivity contribution is 7.98. The lowest BCUT2D eigenvalue weighted by molar-refractivity contribution is 0.0696. The van der Waals surface area contributed by atoms with Crippen molar-refractivity contribution in [2.75, 3.05) is 0 Å². The highest BCUT2D eigenvalue weighted by Crippen LogP contribution is 2.21. The molecule has 0 unspecified atom stereocenters. The fourth-order valence-electron chi connectivity index (χ4n) is 1.54. The summed E-state index contributed by atoms with van der Waals surface area (Å²) in [4.78, 5) is 22.2. The number of carboxylic acid groups (broad SMARTS) is 1. The van der Waals surface area contributed by atoms with Crippen LogP contribution in [0.15, 0.2) is 26.7 Å². The van der Waals surface area contributed by atoms with Crippen molar-refractivity contribution in [1.29, 1.82) is 0 Å². The van der Waals surface area contributed by atoms with Crippen LogP contribution in [0.2, 0.25) is 0 Å². The number of thioether (sulfide) groups is 1. The molecule has 2 heterocycles. The SMILES string of the molecule is CCCn1c(SCc2cc(C(=O)O)co2)n[nH]c1=O. The third-order valence-electron chi connectivity index (χ3n) is 2.41. The molecule has 0 radical (unpaired) electrons. The van der Waals surface area contributed by atoms with E-state index in [0.717, 1.165) is 6.42 Å². The summed E-state index contributed by atoms with van der Waals surface area (Å²) >= 11 is 1.32. The van der Waals surface area contributed by atoms with Crippen molar-refractivity contribution in [1.82, 2.24) is 14.8 Å². The molecule has 0 aliphatic heterocycles. The lowest BCUT2D eigenvalue weighted by Gasteiger charge is -2.01. The van der Waals surface area contributed by atoms with Gasteiger partial charge in [-0.1, -0.05) is 18.7 Å². The number of rotatable bonds is 6. The molecule has 0 aromatic carbocycles. The van der Waals surface area contributed by atoms with Gasteiger partial charge >= 0.3 is 11.7 Å². The van der Waals surface area contributed by atoms with Crippen LogP contribution >= 0.6 is 11.8 Å². The van der Waals surface area contributed by atoms with Gasteiger partial charge in [-0.25, -0.2) is 14.7 Å². The summed E-state index contributed by atoms with van der Waals surface area (Å²) in [6.07, 6.45) is 2.03. The average molecular weight is 283 g/mol. The number of carbonyl (C=O) groups is 1. The number of hydrogen-bond acceptors (Lipinski definition) is 5. The Balaban J connectivity index is 2.05. The fourth-order valence-corrected chi connectivity index (χ4v) is 2.40. The van der Waals surface area contributed by atoms with Crippen LogP contribution in [0.25, 0.3) is 0 Å². The molecular formula is C11H13N3O4S. The van der Waals surface area contributed by atoms with Crippen molar-refractivity contribution < 1.29 is 14.3 Å². The molecule has 8 heteroatoms.